The Hall–Kier alpha value is -2.12. The summed E-state index contributed by atoms with van der Waals surface area (Å²) < 4.78 is 20.2. The molecule has 0 aliphatic carbocycles. The summed E-state index contributed by atoms with van der Waals surface area (Å²) in [6, 6.07) is 0. The van der Waals surface area contributed by atoms with Crippen LogP contribution in [-0.4, -0.2) is 37.5 Å². The molecule has 0 atom stereocenters. The van der Waals surface area contributed by atoms with E-state index < -0.39 is 0 Å². The lowest BCUT2D eigenvalue weighted by atomic mass is 10.0. The molecule has 0 aliphatic heterocycles. The number of rotatable bonds is 45. The molecular weight excluding hydrogens is 705 g/mol. The van der Waals surface area contributed by atoms with Crippen molar-refractivity contribution in [2.75, 3.05) is 13.6 Å². The van der Waals surface area contributed by atoms with Crippen LogP contribution in [0.3, 0.4) is 0 Å². The number of esters is 4. The van der Waals surface area contributed by atoms with E-state index in [1.165, 1.54) is 154 Å². The Labute approximate surface area is 345 Å². The number of hydrogen-bond acceptors (Lipinski definition) is 8. The normalized spacial score (nSPS) is 11.1. The van der Waals surface area contributed by atoms with Crippen molar-refractivity contribution in [2.24, 2.45) is 0 Å². The molecule has 0 fully saturated rings. The first-order valence-electron chi connectivity index (χ1n) is 24.1. The van der Waals surface area contributed by atoms with Crippen LogP contribution in [0.15, 0.2) is 0 Å². The van der Waals surface area contributed by atoms with Crippen molar-refractivity contribution in [3.05, 3.63) is 0 Å². The van der Waals surface area contributed by atoms with E-state index in [9.17, 15) is 19.2 Å². The molecule has 0 aromatic heterocycles. The molecule has 0 heterocycles. The van der Waals surface area contributed by atoms with E-state index in [1.807, 2.05) is 0 Å². The molecule has 0 saturated heterocycles. The minimum Gasteiger partial charge on any atom is -0.428 e. The summed E-state index contributed by atoms with van der Waals surface area (Å²) >= 11 is 0. The number of carbonyl (C=O) groups excluding carboxylic acids is 4. The van der Waals surface area contributed by atoms with Crippen molar-refractivity contribution in [3.63, 3.8) is 0 Å². The van der Waals surface area contributed by atoms with Gasteiger partial charge in [0.2, 0.25) is 13.6 Å². The van der Waals surface area contributed by atoms with E-state index in [-0.39, 0.29) is 37.5 Å². The fraction of sp³-hybridized carbons (Fsp3) is 0.917. The highest BCUT2D eigenvalue weighted by Gasteiger charge is 2.08. The maximum atomic E-state index is 11.9. The summed E-state index contributed by atoms with van der Waals surface area (Å²) in [6.45, 7) is 3.93. The molecule has 0 bridgehead atoms. The summed E-state index contributed by atoms with van der Waals surface area (Å²) in [5, 5.41) is 0. The fourth-order valence-corrected chi connectivity index (χ4v) is 7.14. The highest BCUT2D eigenvalue weighted by Crippen LogP contribution is 2.16. The molecule has 8 heteroatoms. The lowest BCUT2D eigenvalue weighted by molar-refractivity contribution is -0.169. The first kappa shape index (κ1) is 53.9. The zero-order chi connectivity index (χ0) is 40.8. The molecule has 0 saturated carbocycles. The SMILES string of the molecule is CCCCCCCCCCCCCCCCCC(=O)OCOC(=O)CCCCCCCCC(=O)OCOC(=O)CCCCCCCCCCCCCCCCC. The molecule has 0 spiro atoms. The van der Waals surface area contributed by atoms with Crippen LogP contribution in [0.25, 0.3) is 0 Å². The Morgan fingerprint density at radius 1 is 0.232 bits per heavy atom. The van der Waals surface area contributed by atoms with Crippen LogP contribution >= 0.6 is 0 Å². The molecule has 0 rings (SSSR count). The van der Waals surface area contributed by atoms with Crippen LogP contribution in [0, 0.1) is 0 Å². The number of ether oxygens (including phenoxy) is 4. The Balaban J connectivity index is 3.39. The van der Waals surface area contributed by atoms with Gasteiger partial charge in [0.15, 0.2) is 0 Å². The van der Waals surface area contributed by atoms with Gasteiger partial charge in [-0.15, -0.1) is 0 Å². The molecule has 0 unspecified atom stereocenters. The van der Waals surface area contributed by atoms with Crippen LogP contribution in [0.5, 0.6) is 0 Å². The van der Waals surface area contributed by atoms with Gasteiger partial charge in [0.1, 0.15) is 0 Å². The standard InChI is InChI=1S/C48H90O8/c1-3-5-7-9-11-13-15-17-19-21-23-25-27-31-35-39-45(49)53-43-55-47(51)41-37-33-29-30-34-38-42-48(52)56-44-54-46(50)40-36-32-28-26-24-22-20-18-16-14-12-10-8-6-4-2/h3-44H2,1-2H3. The topological polar surface area (TPSA) is 105 Å². The molecule has 8 nitrogen and oxygen atoms in total. The second-order valence-electron chi connectivity index (χ2n) is 16.3. The molecule has 0 aliphatic rings. The fourth-order valence-electron chi connectivity index (χ4n) is 7.14. The molecule has 0 radical (unpaired) electrons. The first-order valence-corrected chi connectivity index (χ1v) is 24.1. The quantitative estimate of drug-likeness (QED) is 0.0341. The summed E-state index contributed by atoms with van der Waals surface area (Å²) in [4.78, 5) is 47.7. The third-order valence-corrected chi connectivity index (χ3v) is 10.9. The number of unbranched alkanes of at least 4 members (excludes halogenated alkanes) is 33. The molecule has 0 amide bonds. The van der Waals surface area contributed by atoms with Gasteiger partial charge in [-0.3, -0.25) is 19.2 Å². The van der Waals surface area contributed by atoms with Crippen LogP contribution in [0.1, 0.15) is 271 Å². The summed E-state index contributed by atoms with van der Waals surface area (Å²) in [5.41, 5.74) is 0. The second-order valence-corrected chi connectivity index (χ2v) is 16.3. The van der Waals surface area contributed by atoms with Crippen LogP contribution in [0.2, 0.25) is 0 Å². The maximum absolute atomic E-state index is 11.9. The molecule has 0 aromatic rings. The van der Waals surface area contributed by atoms with E-state index in [0.29, 0.717) is 25.7 Å². The zero-order valence-electron chi connectivity index (χ0n) is 37.0. The minimum atomic E-state index is -0.344. The van der Waals surface area contributed by atoms with Gasteiger partial charge >= 0.3 is 23.9 Å². The zero-order valence-corrected chi connectivity index (χ0v) is 37.0. The average molecular weight is 795 g/mol. The smallest absolute Gasteiger partial charge is 0.308 e. The average Bonchev–Trinajstić information content (AvgIpc) is 3.18. The van der Waals surface area contributed by atoms with Gasteiger partial charge in [-0.05, 0) is 25.7 Å². The maximum Gasteiger partial charge on any atom is 0.308 e. The van der Waals surface area contributed by atoms with Crippen LogP contribution < -0.4 is 0 Å². The van der Waals surface area contributed by atoms with Gasteiger partial charge in [0, 0.05) is 25.7 Å². The van der Waals surface area contributed by atoms with Gasteiger partial charge in [-0.2, -0.15) is 0 Å². The Bertz CT molecular complexity index is 805. The molecule has 0 N–H and O–H groups in total. The van der Waals surface area contributed by atoms with Gasteiger partial charge < -0.3 is 18.9 Å². The molecule has 0 aromatic carbocycles. The second kappa shape index (κ2) is 45.6. The Morgan fingerprint density at radius 2 is 0.375 bits per heavy atom. The summed E-state index contributed by atoms with van der Waals surface area (Å²) in [6.07, 6.45) is 45.1. The highest BCUT2D eigenvalue weighted by atomic mass is 16.7. The number of hydrogen-bond donors (Lipinski definition) is 0. The van der Waals surface area contributed by atoms with E-state index in [4.69, 9.17) is 18.9 Å². The minimum absolute atomic E-state index is 0.300. The van der Waals surface area contributed by atoms with Crippen molar-refractivity contribution in [2.45, 2.75) is 271 Å². The number of carbonyl (C=O) groups is 4. The van der Waals surface area contributed by atoms with Crippen LogP contribution in [0.4, 0.5) is 0 Å². The van der Waals surface area contributed by atoms with Crippen molar-refractivity contribution >= 4 is 23.9 Å². The van der Waals surface area contributed by atoms with Crippen LogP contribution in [-0.2, 0) is 38.1 Å². The lowest BCUT2D eigenvalue weighted by Gasteiger charge is -2.07. The van der Waals surface area contributed by atoms with Crippen molar-refractivity contribution < 1.29 is 38.1 Å². The van der Waals surface area contributed by atoms with Gasteiger partial charge in [0.25, 0.3) is 0 Å². The lowest BCUT2D eigenvalue weighted by Crippen LogP contribution is -2.12. The Kier molecular flexibility index (Phi) is 43.9. The van der Waals surface area contributed by atoms with E-state index >= 15 is 0 Å². The van der Waals surface area contributed by atoms with Crippen molar-refractivity contribution in [1.29, 1.82) is 0 Å². The predicted molar refractivity (Wildman–Crippen MR) is 230 cm³/mol. The highest BCUT2D eigenvalue weighted by molar-refractivity contribution is 5.71. The molecular formula is C48H90O8. The van der Waals surface area contributed by atoms with E-state index in [0.717, 1.165) is 77.0 Å². The van der Waals surface area contributed by atoms with Crippen molar-refractivity contribution in [1.82, 2.24) is 0 Å². The summed E-state index contributed by atoms with van der Waals surface area (Å²) in [5.74, 6) is -1.29. The third kappa shape index (κ3) is 44.6. The third-order valence-electron chi connectivity index (χ3n) is 10.9. The van der Waals surface area contributed by atoms with Gasteiger partial charge in [0.05, 0.1) is 0 Å². The Morgan fingerprint density at radius 3 is 0.536 bits per heavy atom. The molecule has 56 heavy (non-hydrogen) atoms. The van der Waals surface area contributed by atoms with Gasteiger partial charge in [-0.25, -0.2) is 0 Å². The van der Waals surface area contributed by atoms with Gasteiger partial charge in [-0.1, -0.05) is 219 Å². The predicted octanol–water partition coefficient (Wildman–Crippen LogP) is 14.7. The van der Waals surface area contributed by atoms with Crippen molar-refractivity contribution in [3.8, 4) is 0 Å². The van der Waals surface area contributed by atoms with E-state index in [1.54, 1.807) is 0 Å². The molecule has 330 valence electrons. The first-order chi connectivity index (χ1) is 27.5. The largest absolute Gasteiger partial charge is 0.428 e. The van der Waals surface area contributed by atoms with E-state index in [2.05, 4.69) is 13.8 Å². The monoisotopic (exact) mass is 795 g/mol. The summed E-state index contributed by atoms with van der Waals surface area (Å²) in [7, 11) is 0.